The molecule has 0 amide bonds. The summed E-state index contributed by atoms with van der Waals surface area (Å²) in [6, 6.07) is 2.19. The van der Waals surface area contributed by atoms with Gasteiger partial charge in [0.2, 0.25) is 0 Å². The van der Waals surface area contributed by atoms with Gasteiger partial charge >= 0.3 is 0 Å². The van der Waals surface area contributed by atoms with Crippen LogP contribution >= 0.6 is 0 Å². The maximum Gasteiger partial charge on any atom is 0.150 e. The third-order valence-electron chi connectivity index (χ3n) is 3.05. The molecule has 106 valence electrons. The molecule has 1 aromatic carbocycles. The first-order valence-electron chi connectivity index (χ1n) is 6.83. The summed E-state index contributed by atoms with van der Waals surface area (Å²) in [6.45, 7) is 5.34. The van der Waals surface area contributed by atoms with Crippen molar-refractivity contribution in [3.05, 3.63) is 29.3 Å². The van der Waals surface area contributed by atoms with E-state index in [2.05, 4.69) is 0 Å². The molecule has 0 bridgehead atoms. The van der Waals surface area contributed by atoms with E-state index in [0.29, 0.717) is 19.4 Å². The molecule has 0 aliphatic rings. The van der Waals surface area contributed by atoms with Crippen LogP contribution in [0.3, 0.4) is 0 Å². The number of hydrogen-bond donors (Lipinski definition) is 0. The van der Waals surface area contributed by atoms with Gasteiger partial charge in [-0.15, -0.1) is 0 Å². The van der Waals surface area contributed by atoms with E-state index in [1.54, 1.807) is 4.90 Å². The Labute approximate surface area is 113 Å². The number of rotatable bonds is 8. The van der Waals surface area contributed by atoms with E-state index >= 15 is 0 Å². The third kappa shape index (κ3) is 4.30. The number of nitrogens with zero attached hydrogens (tertiary/aromatic N) is 1. The minimum Gasteiger partial charge on any atom is -0.367 e. The molecule has 0 N–H and O–H groups in total. The van der Waals surface area contributed by atoms with Crippen LogP contribution in [0.25, 0.3) is 0 Å². The van der Waals surface area contributed by atoms with Gasteiger partial charge in [-0.2, -0.15) is 0 Å². The summed E-state index contributed by atoms with van der Waals surface area (Å²) in [6.07, 6.45) is 4.17. The molecular formula is C15H21F2NO. The Morgan fingerprint density at radius 1 is 1.05 bits per heavy atom. The van der Waals surface area contributed by atoms with Crippen molar-refractivity contribution in [2.24, 2.45) is 0 Å². The Morgan fingerprint density at radius 2 is 1.53 bits per heavy atom. The highest BCUT2D eigenvalue weighted by atomic mass is 19.1. The van der Waals surface area contributed by atoms with E-state index < -0.39 is 11.6 Å². The summed E-state index contributed by atoms with van der Waals surface area (Å²) < 4.78 is 27.9. The van der Waals surface area contributed by atoms with Crippen LogP contribution in [0, 0.1) is 11.6 Å². The van der Waals surface area contributed by atoms with Crippen molar-refractivity contribution < 1.29 is 13.6 Å². The second kappa shape index (κ2) is 7.87. The molecule has 0 unspecified atom stereocenters. The van der Waals surface area contributed by atoms with Gasteiger partial charge in [-0.3, -0.25) is 4.79 Å². The van der Waals surface area contributed by atoms with Crippen molar-refractivity contribution in [2.75, 3.05) is 18.0 Å². The summed E-state index contributed by atoms with van der Waals surface area (Å²) in [5.74, 6) is -1.32. The van der Waals surface area contributed by atoms with Crippen molar-refractivity contribution in [2.45, 2.75) is 39.5 Å². The second-order valence-corrected chi connectivity index (χ2v) is 4.65. The number of halogens is 2. The first kappa shape index (κ1) is 15.6. The molecule has 0 fully saturated rings. The van der Waals surface area contributed by atoms with Crippen LogP contribution in [0.5, 0.6) is 0 Å². The molecule has 0 aliphatic carbocycles. The summed E-state index contributed by atoms with van der Waals surface area (Å²) in [4.78, 5) is 12.3. The van der Waals surface area contributed by atoms with E-state index in [-0.39, 0.29) is 11.3 Å². The van der Waals surface area contributed by atoms with E-state index in [0.717, 1.165) is 37.8 Å². The fraction of sp³-hybridized carbons (Fsp3) is 0.533. The molecule has 0 spiro atoms. The van der Waals surface area contributed by atoms with Crippen LogP contribution in [0.4, 0.5) is 14.5 Å². The Kier molecular flexibility index (Phi) is 6.46. The van der Waals surface area contributed by atoms with Gasteiger partial charge in [0.1, 0.15) is 23.6 Å². The number of benzene rings is 1. The molecule has 0 aliphatic heterocycles. The Balaban J connectivity index is 3.02. The smallest absolute Gasteiger partial charge is 0.150 e. The molecule has 0 radical (unpaired) electrons. The minimum atomic E-state index is -0.658. The Bertz CT molecular complexity index is 390. The number of carbonyl (C=O) groups is 1. The lowest BCUT2D eigenvalue weighted by atomic mass is 10.1. The number of carbonyl (C=O) groups excluding carboxylic acids is 1. The van der Waals surface area contributed by atoms with Crippen LogP contribution in [-0.2, 0) is 0 Å². The van der Waals surface area contributed by atoms with Crippen LogP contribution < -0.4 is 4.90 Å². The van der Waals surface area contributed by atoms with Gasteiger partial charge in [0.05, 0.1) is 0 Å². The molecule has 0 aromatic heterocycles. The maximum atomic E-state index is 14.0. The molecule has 1 rings (SSSR count). The summed E-state index contributed by atoms with van der Waals surface area (Å²) in [5.41, 5.74) is 0.0252. The topological polar surface area (TPSA) is 20.3 Å². The zero-order chi connectivity index (χ0) is 14.3. The highest BCUT2D eigenvalue weighted by Gasteiger charge is 2.17. The minimum absolute atomic E-state index is 0.00694. The predicted molar refractivity (Wildman–Crippen MR) is 73.8 cm³/mol. The van der Waals surface area contributed by atoms with E-state index in [4.69, 9.17) is 0 Å². The fourth-order valence-corrected chi connectivity index (χ4v) is 1.99. The van der Waals surface area contributed by atoms with Crippen molar-refractivity contribution in [1.29, 1.82) is 0 Å². The van der Waals surface area contributed by atoms with Crippen molar-refractivity contribution >= 4 is 12.0 Å². The number of hydrogen-bond acceptors (Lipinski definition) is 2. The molecule has 4 heteroatoms. The van der Waals surface area contributed by atoms with E-state index in [1.165, 1.54) is 0 Å². The van der Waals surface area contributed by atoms with E-state index in [9.17, 15) is 13.6 Å². The lowest BCUT2D eigenvalue weighted by molar-refractivity contribution is 0.112. The summed E-state index contributed by atoms with van der Waals surface area (Å²) in [7, 11) is 0. The molecule has 2 nitrogen and oxygen atoms in total. The summed E-state index contributed by atoms with van der Waals surface area (Å²) in [5, 5.41) is 0. The lowest BCUT2D eigenvalue weighted by Gasteiger charge is -2.25. The highest BCUT2D eigenvalue weighted by Crippen LogP contribution is 2.25. The standard InChI is InChI=1S/C15H21F2NO/c1-3-5-7-18(8-6-4-2)15-13(16)9-12(11-19)10-14(15)17/h9-11H,3-8H2,1-2H3. The van der Waals surface area contributed by atoms with Crippen molar-refractivity contribution in [1.82, 2.24) is 0 Å². The predicted octanol–water partition coefficient (Wildman–Crippen LogP) is 4.18. The fourth-order valence-electron chi connectivity index (χ4n) is 1.99. The van der Waals surface area contributed by atoms with Crippen LogP contribution in [0.1, 0.15) is 49.9 Å². The highest BCUT2D eigenvalue weighted by molar-refractivity contribution is 5.76. The monoisotopic (exact) mass is 269 g/mol. The Morgan fingerprint density at radius 3 is 1.89 bits per heavy atom. The molecule has 0 heterocycles. The van der Waals surface area contributed by atoms with Gasteiger partial charge < -0.3 is 4.90 Å². The van der Waals surface area contributed by atoms with Gasteiger partial charge in [-0.25, -0.2) is 8.78 Å². The molecule has 1 aromatic rings. The van der Waals surface area contributed by atoms with Crippen molar-refractivity contribution in [3.8, 4) is 0 Å². The van der Waals surface area contributed by atoms with Gasteiger partial charge in [-0.1, -0.05) is 26.7 Å². The zero-order valence-corrected chi connectivity index (χ0v) is 11.6. The molecule has 0 saturated heterocycles. The third-order valence-corrected chi connectivity index (χ3v) is 3.05. The second-order valence-electron chi connectivity index (χ2n) is 4.65. The number of aldehydes is 1. The van der Waals surface area contributed by atoms with Crippen LogP contribution in [-0.4, -0.2) is 19.4 Å². The SMILES string of the molecule is CCCCN(CCCC)c1c(F)cc(C=O)cc1F. The van der Waals surface area contributed by atoms with Crippen LogP contribution in [0.2, 0.25) is 0 Å². The summed E-state index contributed by atoms with van der Waals surface area (Å²) >= 11 is 0. The largest absolute Gasteiger partial charge is 0.367 e. The quantitative estimate of drug-likeness (QED) is 0.660. The number of unbranched alkanes of at least 4 members (excludes halogenated alkanes) is 2. The zero-order valence-electron chi connectivity index (χ0n) is 11.6. The first-order chi connectivity index (χ1) is 9.13. The molecule has 0 atom stereocenters. The van der Waals surface area contributed by atoms with Crippen LogP contribution in [0.15, 0.2) is 12.1 Å². The average molecular weight is 269 g/mol. The number of anilines is 1. The van der Waals surface area contributed by atoms with E-state index in [1.807, 2.05) is 13.8 Å². The molecule has 0 saturated carbocycles. The van der Waals surface area contributed by atoms with Gasteiger partial charge in [0.25, 0.3) is 0 Å². The Hall–Kier alpha value is -1.45. The molecular weight excluding hydrogens is 248 g/mol. The van der Waals surface area contributed by atoms with Gasteiger partial charge in [0.15, 0.2) is 0 Å². The maximum absolute atomic E-state index is 14.0. The van der Waals surface area contributed by atoms with Gasteiger partial charge in [0, 0.05) is 18.7 Å². The first-order valence-corrected chi connectivity index (χ1v) is 6.83. The lowest BCUT2D eigenvalue weighted by Crippen LogP contribution is -2.27. The van der Waals surface area contributed by atoms with Crippen molar-refractivity contribution in [3.63, 3.8) is 0 Å². The average Bonchev–Trinajstić information content (AvgIpc) is 2.40. The normalized spacial score (nSPS) is 10.5. The van der Waals surface area contributed by atoms with Gasteiger partial charge in [-0.05, 0) is 25.0 Å². The molecule has 19 heavy (non-hydrogen) atoms.